The lowest BCUT2D eigenvalue weighted by Crippen LogP contribution is -2.30. The van der Waals surface area contributed by atoms with Crippen molar-refractivity contribution < 1.29 is 4.79 Å². The molecule has 0 radical (unpaired) electrons. The van der Waals surface area contributed by atoms with Gasteiger partial charge >= 0.3 is 0 Å². The van der Waals surface area contributed by atoms with Crippen LogP contribution in [0.25, 0.3) is 11.3 Å². The molecule has 3 heterocycles. The summed E-state index contributed by atoms with van der Waals surface area (Å²) >= 11 is 0. The highest BCUT2D eigenvalue weighted by Gasteiger charge is 2.27. The van der Waals surface area contributed by atoms with Gasteiger partial charge in [-0.15, -0.1) is 0 Å². The zero-order valence-electron chi connectivity index (χ0n) is 16.3. The maximum absolute atomic E-state index is 12.6. The number of hydrogen-bond donors (Lipinski definition) is 1. The van der Waals surface area contributed by atoms with E-state index in [-0.39, 0.29) is 11.5 Å². The molecule has 4 rings (SSSR count). The molecule has 7 nitrogen and oxygen atoms in total. The molecule has 1 aliphatic heterocycles. The molecule has 0 bridgehead atoms. The molecule has 7 heteroatoms. The van der Waals surface area contributed by atoms with Crippen LogP contribution in [-0.4, -0.2) is 45.0 Å². The lowest BCUT2D eigenvalue weighted by molar-refractivity contribution is 0.0788. The minimum absolute atomic E-state index is 0.0679. The number of amides is 1. The van der Waals surface area contributed by atoms with Crippen molar-refractivity contribution in [3.05, 3.63) is 76.8 Å². The number of aromatic nitrogens is 3. The molecule has 1 atom stereocenters. The number of carbonyl (C=O) groups is 1. The van der Waals surface area contributed by atoms with E-state index in [1.165, 1.54) is 10.6 Å². The number of rotatable bonds is 5. The smallest absolute Gasteiger partial charge is 0.255 e. The van der Waals surface area contributed by atoms with Gasteiger partial charge in [-0.2, -0.15) is 0 Å². The molecule has 1 saturated heterocycles. The van der Waals surface area contributed by atoms with Gasteiger partial charge in [0.25, 0.3) is 11.5 Å². The molecule has 1 N–H and O–H groups in total. The predicted octanol–water partition coefficient (Wildman–Crippen LogP) is 2.42. The average Bonchev–Trinajstić information content (AvgIpc) is 3.24. The number of nitrogens with zero attached hydrogens (tertiary/aromatic N) is 4. The molecule has 1 aromatic carbocycles. The first-order valence-electron chi connectivity index (χ1n) is 9.68. The van der Waals surface area contributed by atoms with Gasteiger partial charge in [-0.25, -0.2) is 4.98 Å². The Kier molecular flexibility index (Phi) is 5.37. The predicted molar refractivity (Wildman–Crippen MR) is 112 cm³/mol. The van der Waals surface area contributed by atoms with Crippen molar-refractivity contribution in [3.8, 4) is 11.3 Å². The van der Waals surface area contributed by atoms with E-state index >= 15 is 0 Å². The van der Waals surface area contributed by atoms with E-state index in [4.69, 9.17) is 0 Å². The van der Waals surface area contributed by atoms with Crippen LogP contribution in [0.4, 0.5) is 5.95 Å². The van der Waals surface area contributed by atoms with Crippen molar-refractivity contribution in [2.45, 2.75) is 6.42 Å². The summed E-state index contributed by atoms with van der Waals surface area (Å²) in [6.07, 6.45) is 4.28. The summed E-state index contributed by atoms with van der Waals surface area (Å²) in [6, 6.07) is 14.5. The number of nitrogens with one attached hydrogen (secondary N) is 1. The Morgan fingerprint density at radius 2 is 1.93 bits per heavy atom. The molecular weight excluding hydrogens is 366 g/mol. The van der Waals surface area contributed by atoms with Gasteiger partial charge in [-0.1, -0.05) is 18.2 Å². The summed E-state index contributed by atoms with van der Waals surface area (Å²) in [4.78, 5) is 35.5. The molecule has 3 aromatic rings. The van der Waals surface area contributed by atoms with Crippen molar-refractivity contribution in [2.24, 2.45) is 13.0 Å². The van der Waals surface area contributed by atoms with Crippen molar-refractivity contribution >= 4 is 11.9 Å². The normalized spacial score (nSPS) is 16.0. The highest BCUT2D eigenvalue weighted by molar-refractivity contribution is 5.94. The summed E-state index contributed by atoms with van der Waals surface area (Å²) in [6.45, 7) is 2.08. The minimum Gasteiger partial charge on any atom is -0.355 e. The van der Waals surface area contributed by atoms with Gasteiger partial charge in [-0.05, 0) is 36.6 Å². The molecule has 0 aliphatic carbocycles. The van der Waals surface area contributed by atoms with E-state index in [2.05, 4.69) is 15.3 Å². The van der Waals surface area contributed by atoms with Gasteiger partial charge < -0.3 is 10.2 Å². The largest absolute Gasteiger partial charge is 0.355 e. The van der Waals surface area contributed by atoms with Gasteiger partial charge in [0.05, 0.1) is 5.69 Å². The number of anilines is 1. The first-order chi connectivity index (χ1) is 14.1. The average molecular weight is 389 g/mol. The molecule has 1 unspecified atom stereocenters. The van der Waals surface area contributed by atoms with E-state index in [0.717, 1.165) is 24.1 Å². The zero-order chi connectivity index (χ0) is 20.2. The van der Waals surface area contributed by atoms with Crippen LogP contribution in [0.1, 0.15) is 16.8 Å². The fourth-order valence-electron chi connectivity index (χ4n) is 3.55. The zero-order valence-corrected chi connectivity index (χ0v) is 16.3. The lowest BCUT2D eigenvalue weighted by atomic mass is 10.1. The Hall–Kier alpha value is -3.48. The summed E-state index contributed by atoms with van der Waals surface area (Å²) in [5.41, 5.74) is 2.06. The third-order valence-electron chi connectivity index (χ3n) is 5.25. The first kappa shape index (κ1) is 18.9. The van der Waals surface area contributed by atoms with E-state index in [0.29, 0.717) is 30.6 Å². The number of carbonyl (C=O) groups excluding carboxylic acids is 1. The molecule has 148 valence electrons. The standard InChI is InChI=1S/C22H23N5O2/c1-26-20(28)13-19(17-7-10-23-11-8-17)25-22(26)24-14-16-9-12-27(15-16)21(29)18-5-3-2-4-6-18/h2-8,10-11,13,16H,9,12,14-15H2,1H3,(H,24,25). The molecule has 1 aliphatic rings. The summed E-state index contributed by atoms with van der Waals surface area (Å²) in [5.74, 6) is 0.902. The van der Waals surface area contributed by atoms with Crippen LogP contribution >= 0.6 is 0 Å². The second-order valence-corrected chi connectivity index (χ2v) is 7.25. The maximum atomic E-state index is 12.6. The van der Waals surface area contributed by atoms with E-state index in [9.17, 15) is 9.59 Å². The Bertz CT molecular complexity index is 1050. The second kappa shape index (κ2) is 8.26. The molecule has 1 fully saturated rings. The number of pyridine rings is 1. The van der Waals surface area contributed by atoms with Crippen LogP contribution in [0.3, 0.4) is 0 Å². The minimum atomic E-state index is -0.124. The van der Waals surface area contributed by atoms with Gasteiger partial charge in [-0.3, -0.25) is 19.1 Å². The van der Waals surface area contributed by atoms with Gasteiger partial charge in [0.2, 0.25) is 5.95 Å². The van der Waals surface area contributed by atoms with Gasteiger partial charge in [0, 0.05) is 56.3 Å². The fourth-order valence-corrected chi connectivity index (χ4v) is 3.55. The summed E-state index contributed by atoms with van der Waals surface area (Å²) in [5, 5.41) is 3.30. The Labute approximate surface area is 169 Å². The Balaban J connectivity index is 1.43. The monoisotopic (exact) mass is 389 g/mol. The van der Waals surface area contributed by atoms with Crippen LogP contribution in [0.5, 0.6) is 0 Å². The van der Waals surface area contributed by atoms with Gasteiger partial charge in [0.1, 0.15) is 0 Å². The number of benzene rings is 1. The molecule has 1 amide bonds. The molecule has 0 spiro atoms. The highest BCUT2D eigenvalue weighted by Crippen LogP contribution is 2.20. The van der Waals surface area contributed by atoms with Crippen LogP contribution in [0.2, 0.25) is 0 Å². The van der Waals surface area contributed by atoms with Crippen LogP contribution in [0.15, 0.2) is 65.7 Å². The maximum Gasteiger partial charge on any atom is 0.255 e. The van der Waals surface area contributed by atoms with Crippen LogP contribution in [-0.2, 0) is 7.05 Å². The molecule has 2 aromatic heterocycles. The van der Waals surface area contributed by atoms with Crippen molar-refractivity contribution in [1.82, 2.24) is 19.4 Å². The SMILES string of the molecule is Cn1c(NCC2CCN(C(=O)c3ccccc3)C2)nc(-c2ccncc2)cc1=O. The number of likely N-dealkylation sites (tertiary alicyclic amines) is 1. The third-order valence-corrected chi connectivity index (χ3v) is 5.25. The van der Waals surface area contributed by atoms with Crippen molar-refractivity contribution in [2.75, 3.05) is 25.0 Å². The van der Waals surface area contributed by atoms with E-state index in [1.807, 2.05) is 47.4 Å². The topological polar surface area (TPSA) is 80.1 Å². The highest BCUT2D eigenvalue weighted by atomic mass is 16.2. The van der Waals surface area contributed by atoms with Crippen LogP contribution < -0.4 is 10.9 Å². The third kappa shape index (κ3) is 4.18. The summed E-state index contributed by atoms with van der Waals surface area (Å²) in [7, 11) is 1.70. The fraction of sp³-hybridized carbons (Fsp3) is 0.273. The summed E-state index contributed by atoms with van der Waals surface area (Å²) < 4.78 is 1.51. The van der Waals surface area contributed by atoms with E-state index < -0.39 is 0 Å². The van der Waals surface area contributed by atoms with Crippen molar-refractivity contribution in [3.63, 3.8) is 0 Å². The van der Waals surface area contributed by atoms with Crippen molar-refractivity contribution in [1.29, 1.82) is 0 Å². The molecular formula is C22H23N5O2. The first-order valence-corrected chi connectivity index (χ1v) is 9.68. The molecule has 29 heavy (non-hydrogen) atoms. The Morgan fingerprint density at radius 3 is 2.69 bits per heavy atom. The Morgan fingerprint density at radius 1 is 1.17 bits per heavy atom. The van der Waals surface area contributed by atoms with Crippen LogP contribution in [0, 0.1) is 5.92 Å². The quantitative estimate of drug-likeness (QED) is 0.725. The lowest BCUT2D eigenvalue weighted by Gasteiger charge is -2.17. The van der Waals surface area contributed by atoms with E-state index in [1.54, 1.807) is 19.4 Å². The number of hydrogen-bond acceptors (Lipinski definition) is 5. The van der Waals surface area contributed by atoms with Gasteiger partial charge in [0.15, 0.2) is 0 Å². The molecule has 0 saturated carbocycles. The second-order valence-electron chi connectivity index (χ2n) is 7.25.